The average Bonchev–Trinajstić information content (AvgIpc) is 1.99. The number of halogens is 1. The predicted molar refractivity (Wildman–Crippen MR) is 48.3 cm³/mol. The van der Waals surface area contributed by atoms with E-state index in [9.17, 15) is 4.79 Å². The first-order valence-electron chi connectivity index (χ1n) is 3.06. The van der Waals surface area contributed by atoms with Crippen molar-refractivity contribution in [3.8, 4) is 0 Å². The molecule has 0 bridgehead atoms. The third-order valence-electron chi connectivity index (χ3n) is 1.20. The van der Waals surface area contributed by atoms with Gasteiger partial charge in [-0.25, -0.2) is 4.98 Å². The van der Waals surface area contributed by atoms with Crippen molar-refractivity contribution in [2.45, 2.75) is 6.54 Å². The van der Waals surface area contributed by atoms with E-state index in [2.05, 4.69) is 4.98 Å². The lowest BCUT2D eigenvalue weighted by molar-refractivity contribution is 0.273. The van der Waals surface area contributed by atoms with E-state index in [1.54, 1.807) is 0 Å². The Morgan fingerprint density at radius 2 is 2.45 bits per heavy atom. The van der Waals surface area contributed by atoms with Gasteiger partial charge < -0.3 is 5.11 Å². The minimum atomic E-state index is -0.102. The standard InChI is InChI=1S/C6H7IN2O2/c7-5-3-8-4-9(1-2-10)6(5)11/h3-4,10H,1-2H2. The van der Waals surface area contributed by atoms with Crippen LogP contribution < -0.4 is 5.56 Å². The molecule has 5 heteroatoms. The van der Waals surface area contributed by atoms with Gasteiger partial charge in [-0.05, 0) is 22.6 Å². The second kappa shape index (κ2) is 3.82. The number of hydrogen-bond donors (Lipinski definition) is 1. The normalized spacial score (nSPS) is 10.0. The number of nitrogens with zero attached hydrogens (tertiary/aromatic N) is 2. The van der Waals surface area contributed by atoms with E-state index in [1.165, 1.54) is 17.1 Å². The van der Waals surface area contributed by atoms with E-state index in [0.717, 1.165) is 0 Å². The summed E-state index contributed by atoms with van der Waals surface area (Å²) >= 11 is 1.91. The van der Waals surface area contributed by atoms with Crippen LogP contribution in [0.4, 0.5) is 0 Å². The summed E-state index contributed by atoms with van der Waals surface area (Å²) in [5.41, 5.74) is -0.102. The maximum Gasteiger partial charge on any atom is 0.266 e. The van der Waals surface area contributed by atoms with Crippen molar-refractivity contribution in [1.82, 2.24) is 9.55 Å². The Kier molecular flexibility index (Phi) is 3.01. The van der Waals surface area contributed by atoms with Gasteiger partial charge in [0.05, 0.1) is 23.0 Å². The molecular formula is C6H7IN2O2. The Bertz CT molecular complexity index is 297. The molecule has 11 heavy (non-hydrogen) atoms. The molecule has 1 heterocycles. The van der Waals surface area contributed by atoms with Crippen molar-refractivity contribution < 1.29 is 5.11 Å². The topological polar surface area (TPSA) is 55.1 Å². The van der Waals surface area contributed by atoms with Gasteiger partial charge in [0.1, 0.15) is 0 Å². The smallest absolute Gasteiger partial charge is 0.266 e. The fourth-order valence-electron chi connectivity index (χ4n) is 0.691. The monoisotopic (exact) mass is 266 g/mol. The van der Waals surface area contributed by atoms with Crippen LogP contribution in [0.1, 0.15) is 0 Å². The van der Waals surface area contributed by atoms with Gasteiger partial charge in [0.15, 0.2) is 0 Å². The van der Waals surface area contributed by atoms with Gasteiger partial charge in [-0.1, -0.05) is 0 Å². The third kappa shape index (κ3) is 2.00. The Morgan fingerprint density at radius 1 is 1.73 bits per heavy atom. The lowest BCUT2D eigenvalue weighted by atomic mass is 10.6. The molecule has 1 N–H and O–H groups in total. The van der Waals surface area contributed by atoms with Crippen molar-refractivity contribution in [3.63, 3.8) is 0 Å². The summed E-state index contributed by atoms with van der Waals surface area (Å²) < 4.78 is 1.94. The van der Waals surface area contributed by atoms with Crippen LogP contribution in [0.3, 0.4) is 0 Å². The van der Waals surface area contributed by atoms with Crippen LogP contribution in [0.2, 0.25) is 0 Å². The molecule has 0 unspecified atom stereocenters. The summed E-state index contributed by atoms with van der Waals surface area (Å²) in [6, 6.07) is 0. The van der Waals surface area contributed by atoms with Crippen LogP contribution in [-0.2, 0) is 6.54 Å². The zero-order valence-corrected chi connectivity index (χ0v) is 7.85. The summed E-state index contributed by atoms with van der Waals surface area (Å²) in [6.45, 7) is 0.268. The average molecular weight is 266 g/mol. The Labute approximate surface area is 77.0 Å². The molecule has 0 amide bonds. The predicted octanol–water partition coefficient (Wildman–Crippen LogP) is -0.160. The summed E-state index contributed by atoms with van der Waals surface area (Å²) in [6.07, 6.45) is 2.91. The van der Waals surface area contributed by atoms with Gasteiger partial charge in [0.2, 0.25) is 0 Å². The number of hydrogen-bond acceptors (Lipinski definition) is 3. The number of aromatic nitrogens is 2. The highest BCUT2D eigenvalue weighted by atomic mass is 127. The number of aliphatic hydroxyl groups excluding tert-OH is 1. The molecule has 0 radical (unpaired) electrons. The highest BCUT2D eigenvalue weighted by Crippen LogP contribution is 1.92. The molecule has 60 valence electrons. The minimum Gasteiger partial charge on any atom is -0.395 e. The molecule has 0 aliphatic carbocycles. The fourth-order valence-corrected chi connectivity index (χ4v) is 1.16. The Morgan fingerprint density at radius 3 is 3.09 bits per heavy atom. The van der Waals surface area contributed by atoms with Gasteiger partial charge in [0, 0.05) is 6.20 Å². The first-order valence-corrected chi connectivity index (χ1v) is 4.14. The van der Waals surface area contributed by atoms with E-state index in [0.29, 0.717) is 10.1 Å². The molecule has 0 saturated carbocycles. The summed E-state index contributed by atoms with van der Waals surface area (Å²) in [4.78, 5) is 15.0. The fraction of sp³-hybridized carbons (Fsp3) is 0.333. The molecule has 1 aromatic heterocycles. The van der Waals surface area contributed by atoms with Crippen molar-refractivity contribution in [2.24, 2.45) is 0 Å². The van der Waals surface area contributed by atoms with Gasteiger partial charge >= 0.3 is 0 Å². The molecular weight excluding hydrogens is 259 g/mol. The molecule has 0 atom stereocenters. The quantitative estimate of drug-likeness (QED) is 0.757. The lowest BCUT2D eigenvalue weighted by Crippen LogP contribution is -2.23. The molecule has 0 saturated heterocycles. The maximum absolute atomic E-state index is 11.2. The summed E-state index contributed by atoms with van der Waals surface area (Å²) in [5.74, 6) is 0. The highest BCUT2D eigenvalue weighted by molar-refractivity contribution is 14.1. The second-order valence-electron chi connectivity index (χ2n) is 1.96. The van der Waals surface area contributed by atoms with Crippen LogP contribution >= 0.6 is 22.6 Å². The number of rotatable bonds is 2. The van der Waals surface area contributed by atoms with Gasteiger partial charge in [0.25, 0.3) is 5.56 Å². The van der Waals surface area contributed by atoms with E-state index < -0.39 is 0 Å². The van der Waals surface area contributed by atoms with Crippen molar-refractivity contribution in [2.75, 3.05) is 6.61 Å². The molecule has 0 aliphatic rings. The second-order valence-corrected chi connectivity index (χ2v) is 3.13. The van der Waals surface area contributed by atoms with Crippen LogP contribution in [-0.4, -0.2) is 21.3 Å². The Hall–Kier alpha value is -0.430. The first kappa shape index (κ1) is 8.66. The molecule has 1 aromatic rings. The highest BCUT2D eigenvalue weighted by Gasteiger charge is 1.98. The minimum absolute atomic E-state index is 0.0400. The molecule has 0 aliphatic heterocycles. The van der Waals surface area contributed by atoms with Crippen LogP contribution in [0, 0.1) is 3.57 Å². The molecule has 0 spiro atoms. The van der Waals surface area contributed by atoms with Crippen LogP contribution in [0.25, 0.3) is 0 Å². The molecule has 1 rings (SSSR count). The van der Waals surface area contributed by atoms with E-state index >= 15 is 0 Å². The maximum atomic E-state index is 11.2. The van der Waals surface area contributed by atoms with Gasteiger partial charge in [-0.2, -0.15) is 0 Å². The van der Waals surface area contributed by atoms with E-state index in [-0.39, 0.29) is 12.2 Å². The first-order chi connectivity index (χ1) is 5.25. The Balaban J connectivity index is 3.07. The van der Waals surface area contributed by atoms with Crippen LogP contribution in [0.5, 0.6) is 0 Å². The van der Waals surface area contributed by atoms with Gasteiger partial charge in [-0.15, -0.1) is 0 Å². The SMILES string of the molecule is O=c1c(I)cncn1CCO. The zero-order valence-electron chi connectivity index (χ0n) is 5.70. The van der Waals surface area contributed by atoms with Crippen molar-refractivity contribution in [3.05, 3.63) is 26.4 Å². The molecule has 4 nitrogen and oxygen atoms in total. The van der Waals surface area contributed by atoms with E-state index in [1.807, 2.05) is 22.6 Å². The van der Waals surface area contributed by atoms with Gasteiger partial charge in [-0.3, -0.25) is 9.36 Å². The third-order valence-corrected chi connectivity index (χ3v) is 1.94. The number of aliphatic hydroxyl groups is 1. The zero-order chi connectivity index (χ0) is 8.27. The largest absolute Gasteiger partial charge is 0.395 e. The molecule has 0 aromatic carbocycles. The molecule has 0 fully saturated rings. The summed E-state index contributed by atoms with van der Waals surface area (Å²) in [7, 11) is 0. The lowest BCUT2D eigenvalue weighted by Gasteiger charge is -2.00. The van der Waals surface area contributed by atoms with Crippen molar-refractivity contribution in [1.29, 1.82) is 0 Å². The van der Waals surface area contributed by atoms with Crippen LogP contribution in [0.15, 0.2) is 17.3 Å². The summed E-state index contributed by atoms with van der Waals surface area (Å²) in [5, 5.41) is 8.55. The van der Waals surface area contributed by atoms with E-state index in [4.69, 9.17) is 5.11 Å². The van der Waals surface area contributed by atoms with Crippen molar-refractivity contribution >= 4 is 22.6 Å².